The fourth-order valence-electron chi connectivity index (χ4n) is 2.41. The Bertz CT molecular complexity index is 712. The Labute approximate surface area is 121 Å². The Morgan fingerprint density at radius 3 is 2.43 bits per heavy atom. The smallest absolute Gasteiger partial charge is 0.332 e. The summed E-state index contributed by atoms with van der Waals surface area (Å²) in [7, 11) is 0. The van der Waals surface area contributed by atoms with Crippen molar-refractivity contribution in [2.75, 3.05) is 13.1 Å². The van der Waals surface area contributed by atoms with E-state index < -0.39 is 11.2 Å². The molecule has 0 spiro atoms. The van der Waals surface area contributed by atoms with Crippen molar-refractivity contribution >= 4 is 0 Å². The molecule has 1 aromatic heterocycles. The van der Waals surface area contributed by atoms with Crippen LogP contribution in [0.5, 0.6) is 5.75 Å². The van der Waals surface area contributed by atoms with Crippen molar-refractivity contribution in [1.29, 1.82) is 0 Å². The maximum atomic E-state index is 11.7. The van der Waals surface area contributed by atoms with Gasteiger partial charge in [-0.3, -0.25) is 14.3 Å². The van der Waals surface area contributed by atoms with Crippen molar-refractivity contribution in [3.63, 3.8) is 0 Å². The summed E-state index contributed by atoms with van der Waals surface area (Å²) in [4.78, 5) is 25.0. The third kappa shape index (κ3) is 3.22. The second-order valence-electron chi connectivity index (χ2n) is 5.04. The molecule has 2 heterocycles. The van der Waals surface area contributed by atoms with E-state index in [1.165, 1.54) is 16.8 Å². The van der Waals surface area contributed by atoms with Gasteiger partial charge in [0.25, 0.3) is 5.56 Å². The lowest BCUT2D eigenvalue weighted by molar-refractivity contribution is 0.162. The first-order chi connectivity index (χ1) is 10.2. The molecule has 1 saturated heterocycles. The maximum absolute atomic E-state index is 11.7. The Balaban J connectivity index is 1.77. The van der Waals surface area contributed by atoms with Crippen molar-refractivity contribution in [2.24, 2.45) is 0 Å². The SMILES string of the molecule is O=c1ccn(-c2ccc(OC3CCNCC3)cc2)c(=O)[nH]1. The highest BCUT2D eigenvalue weighted by atomic mass is 16.5. The number of aromatic amines is 1. The summed E-state index contributed by atoms with van der Waals surface area (Å²) in [6.07, 6.45) is 3.71. The average Bonchev–Trinajstić information content (AvgIpc) is 2.49. The van der Waals surface area contributed by atoms with Crippen LogP contribution in [0.1, 0.15) is 12.8 Å². The highest BCUT2D eigenvalue weighted by molar-refractivity contribution is 5.37. The summed E-state index contributed by atoms with van der Waals surface area (Å²) in [6, 6.07) is 8.61. The quantitative estimate of drug-likeness (QED) is 0.869. The van der Waals surface area contributed by atoms with Gasteiger partial charge < -0.3 is 10.1 Å². The van der Waals surface area contributed by atoms with Crippen molar-refractivity contribution in [2.45, 2.75) is 18.9 Å². The number of hydrogen-bond donors (Lipinski definition) is 2. The first kappa shape index (κ1) is 13.6. The van der Waals surface area contributed by atoms with Crippen LogP contribution in [-0.4, -0.2) is 28.7 Å². The van der Waals surface area contributed by atoms with Crippen LogP contribution >= 0.6 is 0 Å². The minimum Gasteiger partial charge on any atom is -0.490 e. The van der Waals surface area contributed by atoms with E-state index in [0.29, 0.717) is 5.69 Å². The molecule has 110 valence electrons. The summed E-state index contributed by atoms with van der Waals surface area (Å²) in [6.45, 7) is 1.96. The number of aromatic nitrogens is 2. The number of ether oxygens (including phenoxy) is 1. The number of nitrogens with one attached hydrogen (secondary N) is 2. The highest BCUT2D eigenvalue weighted by Gasteiger charge is 2.14. The molecule has 21 heavy (non-hydrogen) atoms. The molecule has 0 bridgehead atoms. The normalized spacial score (nSPS) is 15.8. The van der Waals surface area contributed by atoms with E-state index in [9.17, 15) is 9.59 Å². The molecule has 3 rings (SSSR count). The number of hydrogen-bond acceptors (Lipinski definition) is 4. The van der Waals surface area contributed by atoms with Crippen LogP contribution in [0.15, 0.2) is 46.1 Å². The lowest BCUT2D eigenvalue weighted by Crippen LogP contribution is -2.34. The molecule has 0 saturated carbocycles. The fraction of sp³-hybridized carbons (Fsp3) is 0.333. The Hall–Kier alpha value is -2.34. The molecule has 1 fully saturated rings. The maximum Gasteiger partial charge on any atom is 0.332 e. The van der Waals surface area contributed by atoms with Crippen LogP contribution in [0.3, 0.4) is 0 Å². The number of nitrogens with zero attached hydrogens (tertiary/aromatic N) is 1. The van der Waals surface area contributed by atoms with E-state index in [-0.39, 0.29) is 6.10 Å². The van der Waals surface area contributed by atoms with Gasteiger partial charge in [-0.15, -0.1) is 0 Å². The number of rotatable bonds is 3. The largest absolute Gasteiger partial charge is 0.490 e. The zero-order valence-electron chi connectivity index (χ0n) is 11.5. The number of benzene rings is 1. The second-order valence-corrected chi connectivity index (χ2v) is 5.04. The average molecular weight is 287 g/mol. The molecular weight excluding hydrogens is 270 g/mol. The number of piperidine rings is 1. The molecule has 6 heteroatoms. The molecule has 1 aliphatic rings. The van der Waals surface area contributed by atoms with E-state index in [4.69, 9.17) is 4.74 Å². The minimum absolute atomic E-state index is 0.243. The van der Waals surface area contributed by atoms with Gasteiger partial charge in [-0.1, -0.05) is 0 Å². The lowest BCUT2D eigenvalue weighted by atomic mass is 10.1. The Morgan fingerprint density at radius 1 is 1.05 bits per heavy atom. The fourth-order valence-corrected chi connectivity index (χ4v) is 2.41. The molecule has 0 atom stereocenters. The zero-order valence-corrected chi connectivity index (χ0v) is 11.5. The van der Waals surface area contributed by atoms with Gasteiger partial charge in [-0.05, 0) is 50.2 Å². The first-order valence-corrected chi connectivity index (χ1v) is 7.02. The topological polar surface area (TPSA) is 76.1 Å². The summed E-state index contributed by atoms with van der Waals surface area (Å²) in [5.74, 6) is 0.795. The summed E-state index contributed by atoms with van der Waals surface area (Å²) in [5, 5.41) is 3.29. The molecule has 2 N–H and O–H groups in total. The van der Waals surface area contributed by atoms with Crippen molar-refractivity contribution in [1.82, 2.24) is 14.9 Å². The van der Waals surface area contributed by atoms with Gasteiger partial charge in [0.15, 0.2) is 0 Å². The van der Waals surface area contributed by atoms with Gasteiger partial charge >= 0.3 is 5.69 Å². The summed E-state index contributed by atoms with van der Waals surface area (Å²) in [5.41, 5.74) is -0.162. The Kier molecular flexibility index (Phi) is 3.87. The van der Waals surface area contributed by atoms with Gasteiger partial charge in [-0.2, -0.15) is 0 Å². The molecule has 0 radical (unpaired) electrons. The monoisotopic (exact) mass is 287 g/mol. The molecule has 0 aliphatic carbocycles. The predicted molar refractivity (Wildman–Crippen MR) is 79.2 cm³/mol. The second kappa shape index (κ2) is 5.97. The third-order valence-electron chi connectivity index (χ3n) is 3.53. The molecule has 0 unspecified atom stereocenters. The lowest BCUT2D eigenvalue weighted by Gasteiger charge is -2.23. The van der Waals surface area contributed by atoms with Crippen LogP contribution in [0.25, 0.3) is 5.69 Å². The van der Waals surface area contributed by atoms with E-state index in [1.54, 1.807) is 12.1 Å². The van der Waals surface area contributed by atoms with E-state index in [0.717, 1.165) is 31.7 Å². The van der Waals surface area contributed by atoms with Gasteiger partial charge in [0, 0.05) is 12.3 Å². The predicted octanol–water partition coefficient (Wildman–Crippen LogP) is 0.657. The summed E-state index contributed by atoms with van der Waals surface area (Å²) < 4.78 is 7.29. The van der Waals surface area contributed by atoms with E-state index >= 15 is 0 Å². The molecule has 1 aromatic carbocycles. The molecule has 6 nitrogen and oxygen atoms in total. The van der Waals surface area contributed by atoms with Crippen LogP contribution in [0.2, 0.25) is 0 Å². The molecule has 0 amide bonds. The summed E-state index contributed by atoms with van der Waals surface area (Å²) >= 11 is 0. The first-order valence-electron chi connectivity index (χ1n) is 7.02. The molecule has 2 aromatic rings. The van der Waals surface area contributed by atoms with E-state index in [1.807, 2.05) is 12.1 Å². The third-order valence-corrected chi connectivity index (χ3v) is 3.53. The van der Waals surface area contributed by atoms with Crippen LogP contribution < -0.4 is 21.3 Å². The van der Waals surface area contributed by atoms with Gasteiger partial charge in [0.2, 0.25) is 0 Å². The minimum atomic E-state index is -0.450. The van der Waals surface area contributed by atoms with Crippen molar-refractivity contribution in [3.8, 4) is 11.4 Å². The van der Waals surface area contributed by atoms with E-state index in [2.05, 4.69) is 10.3 Å². The van der Waals surface area contributed by atoms with Gasteiger partial charge in [-0.25, -0.2) is 4.79 Å². The van der Waals surface area contributed by atoms with Crippen LogP contribution in [-0.2, 0) is 0 Å². The molecular formula is C15H17N3O3. The van der Waals surface area contributed by atoms with Gasteiger partial charge in [0.1, 0.15) is 11.9 Å². The zero-order chi connectivity index (χ0) is 14.7. The van der Waals surface area contributed by atoms with Crippen LogP contribution in [0.4, 0.5) is 0 Å². The van der Waals surface area contributed by atoms with Crippen molar-refractivity contribution < 1.29 is 4.74 Å². The standard InChI is InChI=1S/C15H17N3O3/c19-14-7-10-18(15(20)17-14)11-1-3-12(4-2-11)21-13-5-8-16-9-6-13/h1-4,7,10,13,16H,5-6,8-9H2,(H,17,19,20). The Morgan fingerprint density at radius 2 is 1.76 bits per heavy atom. The molecule has 1 aliphatic heterocycles. The number of H-pyrrole nitrogens is 1. The van der Waals surface area contributed by atoms with Gasteiger partial charge in [0.05, 0.1) is 5.69 Å². The highest BCUT2D eigenvalue weighted by Crippen LogP contribution is 2.18. The van der Waals surface area contributed by atoms with Crippen molar-refractivity contribution in [3.05, 3.63) is 57.4 Å². The van der Waals surface area contributed by atoms with Crippen LogP contribution in [0, 0.1) is 0 Å².